The molecule has 2 fully saturated rings. The molecule has 1 saturated carbocycles. The van der Waals surface area contributed by atoms with Crippen molar-refractivity contribution in [1.82, 2.24) is 10.2 Å². The molecule has 13 heavy (non-hydrogen) atoms. The second-order valence-electron chi connectivity index (χ2n) is 4.10. The number of amides is 2. The summed E-state index contributed by atoms with van der Waals surface area (Å²) >= 11 is 0. The van der Waals surface area contributed by atoms with Gasteiger partial charge >= 0.3 is 6.03 Å². The number of nitrogens with zero attached hydrogens (tertiary/aromatic N) is 1. The Morgan fingerprint density at radius 1 is 1.62 bits per heavy atom. The lowest BCUT2D eigenvalue weighted by Crippen LogP contribution is -2.41. The predicted molar refractivity (Wildman–Crippen MR) is 47.1 cm³/mol. The van der Waals surface area contributed by atoms with Crippen LogP contribution in [0.3, 0.4) is 0 Å². The number of hydrogen-bond acceptors (Lipinski definition) is 1. The van der Waals surface area contributed by atoms with Gasteiger partial charge in [0.15, 0.2) is 0 Å². The summed E-state index contributed by atoms with van der Waals surface area (Å²) in [5.74, 6) is 0.185. The van der Waals surface area contributed by atoms with Gasteiger partial charge in [-0.2, -0.15) is 0 Å². The summed E-state index contributed by atoms with van der Waals surface area (Å²) in [6, 6.07) is -0.0505. The van der Waals surface area contributed by atoms with Crippen molar-refractivity contribution >= 4 is 6.03 Å². The van der Waals surface area contributed by atoms with Gasteiger partial charge in [-0.15, -0.1) is 0 Å². The van der Waals surface area contributed by atoms with E-state index in [4.69, 9.17) is 0 Å². The van der Waals surface area contributed by atoms with Gasteiger partial charge in [0.25, 0.3) is 0 Å². The molecular weight excluding hydrogens is 171 g/mol. The second kappa shape index (κ2) is 2.59. The van der Waals surface area contributed by atoms with E-state index in [1.165, 1.54) is 0 Å². The highest BCUT2D eigenvalue weighted by atomic mass is 19.1. The van der Waals surface area contributed by atoms with Crippen molar-refractivity contribution in [3.63, 3.8) is 0 Å². The SMILES string of the molecule is CCNC(=O)N1CC2C(C1)C2(C)F. The van der Waals surface area contributed by atoms with E-state index in [0.717, 1.165) is 0 Å². The first-order chi connectivity index (χ1) is 6.07. The third-order valence-corrected chi connectivity index (χ3v) is 3.28. The average Bonchev–Trinajstić information content (AvgIpc) is 2.53. The molecule has 2 amide bonds. The van der Waals surface area contributed by atoms with Gasteiger partial charge in [0, 0.05) is 31.5 Å². The molecule has 4 heteroatoms. The number of urea groups is 1. The van der Waals surface area contributed by atoms with Crippen LogP contribution in [0.5, 0.6) is 0 Å². The fourth-order valence-corrected chi connectivity index (χ4v) is 2.25. The summed E-state index contributed by atoms with van der Waals surface area (Å²) in [6.07, 6.45) is 0. The van der Waals surface area contributed by atoms with Crippen molar-refractivity contribution < 1.29 is 9.18 Å². The van der Waals surface area contributed by atoms with Crippen LogP contribution in [-0.4, -0.2) is 36.2 Å². The number of carbonyl (C=O) groups excluding carboxylic acids is 1. The lowest BCUT2D eigenvalue weighted by atomic mass is 10.2. The Hall–Kier alpha value is -0.800. The van der Waals surface area contributed by atoms with Crippen LogP contribution >= 0.6 is 0 Å². The van der Waals surface area contributed by atoms with Gasteiger partial charge in [0.05, 0.1) is 0 Å². The number of halogens is 1. The summed E-state index contributed by atoms with van der Waals surface area (Å²) in [6.45, 7) is 5.33. The third-order valence-electron chi connectivity index (χ3n) is 3.28. The Morgan fingerprint density at radius 2 is 2.15 bits per heavy atom. The number of hydrogen-bond donors (Lipinski definition) is 1. The molecule has 0 aromatic heterocycles. The molecule has 1 saturated heterocycles. The number of alkyl halides is 1. The Labute approximate surface area is 77.3 Å². The highest BCUT2D eigenvalue weighted by Crippen LogP contribution is 2.57. The maximum Gasteiger partial charge on any atom is 0.317 e. The van der Waals surface area contributed by atoms with Gasteiger partial charge in [-0.3, -0.25) is 0 Å². The molecule has 0 bridgehead atoms. The number of carbonyl (C=O) groups is 1. The highest BCUT2D eigenvalue weighted by molar-refractivity contribution is 5.74. The zero-order valence-corrected chi connectivity index (χ0v) is 8.01. The molecule has 3 nitrogen and oxygen atoms in total. The van der Waals surface area contributed by atoms with Crippen LogP contribution in [0.1, 0.15) is 13.8 Å². The minimum Gasteiger partial charge on any atom is -0.338 e. The largest absolute Gasteiger partial charge is 0.338 e. The van der Waals surface area contributed by atoms with E-state index in [2.05, 4.69) is 5.32 Å². The molecule has 0 radical (unpaired) electrons. The van der Waals surface area contributed by atoms with Crippen molar-refractivity contribution in [2.45, 2.75) is 19.5 Å². The zero-order chi connectivity index (χ0) is 9.64. The fourth-order valence-electron chi connectivity index (χ4n) is 2.25. The molecular formula is C9H15FN2O. The summed E-state index contributed by atoms with van der Waals surface area (Å²) in [7, 11) is 0. The first-order valence-electron chi connectivity index (χ1n) is 4.79. The minimum absolute atomic E-state index is 0.0505. The molecule has 0 aromatic carbocycles. The van der Waals surface area contributed by atoms with E-state index in [1.807, 2.05) is 6.92 Å². The van der Waals surface area contributed by atoms with Crippen molar-refractivity contribution in [2.75, 3.05) is 19.6 Å². The fraction of sp³-hybridized carbons (Fsp3) is 0.889. The van der Waals surface area contributed by atoms with E-state index >= 15 is 0 Å². The van der Waals surface area contributed by atoms with Gasteiger partial charge in [0.2, 0.25) is 0 Å². The molecule has 1 aliphatic heterocycles. The topological polar surface area (TPSA) is 32.3 Å². The summed E-state index contributed by atoms with van der Waals surface area (Å²) < 4.78 is 13.4. The normalized spacial score (nSPS) is 41.6. The van der Waals surface area contributed by atoms with Crippen molar-refractivity contribution in [1.29, 1.82) is 0 Å². The van der Waals surface area contributed by atoms with Gasteiger partial charge < -0.3 is 10.2 Å². The van der Waals surface area contributed by atoms with Gasteiger partial charge in [0.1, 0.15) is 5.67 Å². The van der Waals surface area contributed by atoms with E-state index in [-0.39, 0.29) is 17.9 Å². The highest BCUT2D eigenvalue weighted by Gasteiger charge is 2.67. The number of fused-ring (bicyclic) bond motifs is 1. The maximum absolute atomic E-state index is 13.4. The Bertz CT molecular complexity index is 228. The molecule has 1 heterocycles. The molecule has 2 rings (SSSR count). The number of likely N-dealkylation sites (tertiary alicyclic amines) is 1. The number of rotatable bonds is 1. The van der Waals surface area contributed by atoms with Crippen LogP contribution in [0, 0.1) is 11.8 Å². The number of nitrogens with one attached hydrogen (secondary N) is 1. The molecule has 0 aromatic rings. The molecule has 2 unspecified atom stereocenters. The molecule has 2 aliphatic rings. The van der Waals surface area contributed by atoms with E-state index < -0.39 is 5.67 Å². The van der Waals surface area contributed by atoms with Gasteiger partial charge in [-0.05, 0) is 13.8 Å². The van der Waals surface area contributed by atoms with Gasteiger partial charge in [-0.25, -0.2) is 9.18 Å². The van der Waals surface area contributed by atoms with Crippen molar-refractivity contribution in [3.8, 4) is 0 Å². The van der Waals surface area contributed by atoms with E-state index in [0.29, 0.717) is 19.6 Å². The number of piperidine rings is 1. The minimum atomic E-state index is -0.997. The smallest absolute Gasteiger partial charge is 0.317 e. The van der Waals surface area contributed by atoms with Crippen molar-refractivity contribution in [3.05, 3.63) is 0 Å². The molecule has 74 valence electrons. The van der Waals surface area contributed by atoms with Crippen molar-refractivity contribution in [2.24, 2.45) is 11.8 Å². The molecule has 1 N–H and O–H groups in total. The Kier molecular flexibility index (Phi) is 1.75. The lowest BCUT2D eigenvalue weighted by Gasteiger charge is -2.20. The van der Waals surface area contributed by atoms with Crippen LogP contribution < -0.4 is 5.32 Å². The van der Waals surface area contributed by atoms with E-state index in [9.17, 15) is 9.18 Å². The Balaban J connectivity index is 1.87. The summed E-state index contributed by atoms with van der Waals surface area (Å²) in [5.41, 5.74) is -0.997. The van der Waals surface area contributed by atoms with Crippen LogP contribution in [0.2, 0.25) is 0 Å². The quantitative estimate of drug-likeness (QED) is 0.651. The average molecular weight is 186 g/mol. The summed E-state index contributed by atoms with van der Waals surface area (Å²) in [5, 5.41) is 2.72. The summed E-state index contributed by atoms with van der Waals surface area (Å²) in [4.78, 5) is 13.0. The molecule has 1 aliphatic carbocycles. The third kappa shape index (κ3) is 1.19. The molecule has 0 spiro atoms. The first kappa shape index (κ1) is 8.78. The van der Waals surface area contributed by atoms with Gasteiger partial charge in [-0.1, -0.05) is 0 Å². The second-order valence-corrected chi connectivity index (χ2v) is 4.10. The predicted octanol–water partition coefficient (Wildman–Crippen LogP) is 1.01. The van der Waals surface area contributed by atoms with Crippen LogP contribution in [-0.2, 0) is 0 Å². The monoisotopic (exact) mass is 186 g/mol. The Morgan fingerprint density at radius 3 is 2.62 bits per heavy atom. The van der Waals surface area contributed by atoms with Crippen LogP contribution in [0.4, 0.5) is 9.18 Å². The molecule has 2 atom stereocenters. The van der Waals surface area contributed by atoms with Crippen LogP contribution in [0.25, 0.3) is 0 Å². The van der Waals surface area contributed by atoms with Crippen LogP contribution in [0.15, 0.2) is 0 Å². The lowest BCUT2D eigenvalue weighted by molar-refractivity contribution is 0.181. The maximum atomic E-state index is 13.4. The standard InChI is InChI=1S/C9H15FN2O/c1-3-11-8(13)12-4-6-7(5-12)9(6,2)10/h6-7H,3-5H2,1-2H3,(H,11,13). The zero-order valence-electron chi connectivity index (χ0n) is 8.01. The first-order valence-corrected chi connectivity index (χ1v) is 4.79. The van der Waals surface area contributed by atoms with E-state index in [1.54, 1.807) is 11.8 Å².